The van der Waals surface area contributed by atoms with E-state index in [2.05, 4.69) is 4.90 Å². The van der Waals surface area contributed by atoms with Gasteiger partial charge in [-0.15, -0.1) is 0 Å². The fraction of sp³-hybridized carbons (Fsp3) is 0.929. The fourth-order valence-corrected chi connectivity index (χ4v) is 3.26. The molecule has 2 fully saturated rings. The third-order valence-corrected chi connectivity index (χ3v) is 4.41. The molecule has 4 heteroatoms. The van der Waals surface area contributed by atoms with Gasteiger partial charge in [-0.25, -0.2) is 0 Å². The third kappa shape index (κ3) is 3.04. The van der Waals surface area contributed by atoms with Gasteiger partial charge in [-0.05, 0) is 39.2 Å². The van der Waals surface area contributed by atoms with Crippen LogP contribution in [0.1, 0.15) is 45.4 Å². The van der Waals surface area contributed by atoms with Crippen LogP contribution >= 0.6 is 0 Å². The van der Waals surface area contributed by atoms with Gasteiger partial charge in [0.05, 0.1) is 12.6 Å². The molecule has 1 amide bonds. The Balaban J connectivity index is 1.94. The van der Waals surface area contributed by atoms with Crippen LogP contribution in [0.5, 0.6) is 0 Å². The standard InChI is InChI=1S/C14H26N2O2/c1-12(16-10-6-7-13(16)11-17)14(18)15-8-4-2-3-5-9-15/h12-13,17H,2-11H2,1H3/t12?,13-/m1/s1. The Labute approximate surface area is 110 Å². The molecule has 4 nitrogen and oxygen atoms in total. The fourth-order valence-electron chi connectivity index (χ4n) is 3.26. The molecule has 104 valence electrons. The van der Waals surface area contributed by atoms with Crippen LogP contribution in [0.3, 0.4) is 0 Å². The Morgan fingerprint density at radius 3 is 2.44 bits per heavy atom. The minimum Gasteiger partial charge on any atom is -0.395 e. The van der Waals surface area contributed by atoms with Crippen molar-refractivity contribution in [1.82, 2.24) is 9.80 Å². The van der Waals surface area contributed by atoms with E-state index in [1.807, 2.05) is 11.8 Å². The van der Waals surface area contributed by atoms with Crippen molar-refractivity contribution < 1.29 is 9.90 Å². The van der Waals surface area contributed by atoms with Crippen LogP contribution in [0.2, 0.25) is 0 Å². The van der Waals surface area contributed by atoms with Gasteiger partial charge in [-0.2, -0.15) is 0 Å². The van der Waals surface area contributed by atoms with Crippen molar-refractivity contribution in [3.8, 4) is 0 Å². The van der Waals surface area contributed by atoms with Crippen molar-refractivity contribution in [1.29, 1.82) is 0 Å². The number of nitrogens with zero attached hydrogens (tertiary/aromatic N) is 2. The topological polar surface area (TPSA) is 43.8 Å². The molecule has 0 saturated carbocycles. The number of carbonyl (C=O) groups excluding carboxylic acids is 1. The summed E-state index contributed by atoms with van der Waals surface area (Å²) in [5.74, 6) is 0.261. The SMILES string of the molecule is CC(C(=O)N1CCCCCC1)N1CCC[C@@H]1CO. The van der Waals surface area contributed by atoms with Crippen molar-refractivity contribution in [3.63, 3.8) is 0 Å². The molecule has 2 heterocycles. The van der Waals surface area contributed by atoms with Crippen LogP contribution in [0.25, 0.3) is 0 Å². The van der Waals surface area contributed by atoms with E-state index in [1.54, 1.807) is 0 Å². The molecule has 2 saturated heterocycles. The molecule has 0 bridgehead atoms. The average molecular weight is 254 g/mol. The summed E-state index contributed by atoms with van der Waals surface area (Å²) in [5.41, 5.74) is 0. The Morgan fingerprint density at radius 1 is 1.17 bits per heavy atom. The maximum Gasteiger partial charge on any atom is 0.239 e. The summed E-state index contributed by atoms with van der Waals surface area (Å²) in [7, 11) is 0. The van der Waals surface area contributed by atoms with E-state index in [0.717, 1.165) is 45.3 Å². The Bertz CT molecular complexity index is 275. The average Bonchev–Trinajstić information content (AvgIpc) is 2.70. The largest absolute Gasteiger partial charge is 0.395 e. The number of rotatable bonds is 3. The van der Waals surface area contributed by atoms with Crippen LogP contribution in [0, 0.1) is 0 Å². The first kappa shape index (κ1) is 13.8. The first-order valence-electron chi connectivity index (χ1n) is 7.39. The lowest BCUT2D eigenvalue weighted by Crippen LogP contribution is -2.49. The van der Waals surface area contributed by atoms with Gasteiger partial charge in [0.15, 0.2) is 0 Å². The molecule has 0 radical (unpaired) electrons. The summed E-state index contributed by atoms with van der Waals surface area (Å²) in [6, 6.07) is 0.124. The summed E-state index contributed by atoms with van der Waals surface area (Å²) in [6.45, 7) is 4.96. The predicted molar refractivity (Wildman–Crippen MR) is 71.3 cm³/mol. The molecule has 0 aliphatic carbocycles. The van der Waals surface area contributed by atoms with E-state index in [-0.39, 0.29) is 24.6 Å². The lowest BCUT2D eigenvalue weighted by atomic mass is 10.2. The maximum atomic E-state index is 12.5. The second-order valence-electron chi connectivity index (χ2n) is 5.63. The number of likely N-dealkylation sites (tertiary alicyclic amines) is 2. The molecule has 2 atom stereocenters. The Hall–Kier alpha value is -0.610. The number of amides is 1. The van der Waals surface area contributed by atoms with Crippen LogP contribution in [-0.4, -0.2) is 59.1 Å². The van der Waals surface area contributed by atoms with E-state index >= 15 is 0 Å². The smallest absolute Gasteiger partial charge is 0.239 e. The molecule has 0 aromatic heterocycles. The molecule has 18 heavy (non-hydrogen) atoms. The second kappa shape index (κ2) is 6.53. The van der Waals surface area contributed by atoms with Crippen molar-refractivity contribution in [2.75, 3.05) is 26.2 Å². The van der Waals surface area contributed by atoms with Crippen molar-refractivity contribution >= 4 is 5.91 Å². The first-order valence-corrected chi connectivity index (χ1v) is 7.39. The number of hydrogen-bond donors (Lipinski definition) is 1. The molecule has 0 aromatic rings. The Morgan fingerprint density at radius 2 is 1.83 bits per heavy atom. The van der Waals surface area contributed by atoms with Gasteiger partial charge in [-0.3, -0.25) is 9.69 Å². The van der Waals surface area contributed by atoms with Crippen molar-refractivity contribution in [2.45, 2.75) is 57.5 Å². The number of carbonyl (C=O) groups is 1. The molecule has 0 aromatic carbocycles. The molecule has 1 N–H and O–H groups in total. The zero-order valence-corrected chi connectivity index (χ0v) is 11.5. The third-order valence-electron chi connectivity index (χ3n) is 4.41. The molecule has 2 aliphatic heterocycles. The molecule has 2 aliphatic rings. The highest BCUT2D eigenvalue weighted by Gasteiger charge is 2.33. The number of hydrogen-bond acceptors (Lipinski definition) is 3. The van der Waals surface area contributed by atoms with Gasteiger partial charge < -0.3 is 10.0 Å². The van der Waals surface area contributed by atoms with Crippen LogP contribution in [-0.2, 0) is 4.79 Å². The van der Waals surface area contributed by atoms with Gasteiger partial charge in [0.2, 0.25) is 5.91 Å². The van der Waals surface area contributed by atoms with Crippen LogP contribution < -0.4 is 0 Å². The quantitative estimate of drug-likeness (QED) is 0.824. The molecular formula is C14H26N2O2. The van der Waals surface area contributed by atoms with Gasteiger partial charge in [-0.1, -0.05) is 12.8 Å². The molecular weight excluding hydrogens is 228 g/mol. The highest BCUT2D eigenvalue weighted by Crippen LogP contribution is 2.21. The van der Waals surface area contributed by atoms with Gasteiger partial charge >= 0.3 is 0 Å². The van der Waals surface area contributed by atoms with E-state index in [4.69, 9.17) is 0 Å². The van der Waals surface area contributed by atoms with E-state index in [9.17, 15) is 9.90 Å². The number of aliphatic hydroxyl groups excluding tert-OH is 1. The summed E-state index contributed by atoms with van der Waals surface area (Å²) >= 11 is 0. The molecule has 0 spiro atoms. The van der Waals surface area contributed by atoms with Crippen LogP contribution in [0.15, 0.2) is 0 Å². The van der Waals surface area contributed by atoms with Gasteiger partial charge in [0.25, 0.3) is 0 Å². The van der Waals surface area contributed by atoms with Crippen molar-refractivity contribution in [2.24, 2.45) is 0 Å². The summed E-state index contributed by atoms with van der Waals surface area (Å²) in [5, 5.41) is 9.36. The predicted octanol–water partition coefficient (Wildman–Crippen LogP) is 1.23. The number of aliphatic hydroxyl groups is 1. The lowest BCUT2D eigenvalue weighted by Gasteiger charge is -2.32. The van der Waals surface area contributed by atoms with E-state index in [0.29, 0.717) is 0 Å². The monoisotopic (exact) mass is 254 g/mol. The van der Waals surface area contributed by atoms with Crippen molar-refractivity contribution in [3.05, 3.63) is 0 Å². The summed E-state index contributed by atoms with van der Waals surface area (Å²) in [4.78, 5) is 16.7. The van der Waals surface area contributed by atoms with E-state index < -0.39 is 0 Å². The first-order chi connectivity index (χ1) is 8.74. The minimum atomic E-state index is -0.0669. The van der Waals surface area contributed by atoms with Crippen LogP contribution in [0.4, 0.5) is 0 Å². The molecule has 1 unspecified atom stereocenters. The van der Waals surface area contributed by atoms with E-state index in [1.165, 1.54) is 12.8 Å². The second-order valence-corrected chi connectivity index (χ2v) is 5.63. The highest BCUT2D eigenvalue weighted by atomic mass is 16.3. The van der Waals surface area contributed by atoms with Gasteiger partial charge in [0, 0.05) is 19.1 Å². The zero-order chi connectivity index (χ0) is 13.0. The zero-order valence-electron chi connectivity index (χ0n) is 11.5. The lowest BCUT2D eigenvalue weighted by molar-refractivity contribution is -0.137. The maximum absolute atomic E-state index is 12.5. The summed E-state index contributed by atoms with van der Waals surface area (Å²) < 4.78 is 0. The summed E-state index contributed by atoms with van der Waals surface area (Å²) in [6.07, 6.45) is 6.91. The molecule has 2 rings (SSSR count). The van der Waals surface area contributed by atoms with Gasteiger partial charge in [0.1, 0.15) is 0 Å². The highest BCUT2D eigenvalue weighted by molar-refractivity contribution is 5.81. The Kier molecular flexibility index (Phi) is 5.01. The minimum absolute atomic E-state index is 0.0669. The normalized spacial score (nSPS) is 28.1.